The Morgan fingerprint density at radius 3 is 2.58 bits per heavy atom. The number of fused-ring (bicyclic) bond motifs is 1. The summed E-state index contributed by atoms with van der Waals surface area (Å²) in [7, 11) is -4.05. The second-order valence-corrected chi connectivity index (χ2v) is 8.80. The highest BCUT2D eigenvalue weighted by Crippen LogP contribution is 2.38. The van der Waals surface area contributed by atoms with E-state index < -0.39 is 9.84 Å². The number of benzene rings is 2. The topological polar surface area (TPSA) is 104 Å². The largest absolute Gasteiger partial charge is 0.486 e. The number of rotatable bonds is 5. The molecule has 0 saturated heterocycles. The lowest BCUT2D eigenvalue weighted by Gasteiger charge is -2.18. The molecular weight excluding hydrogens is 420 g/mol. The molecule has 1 N–H and O–H groups in total. The maximum absolute atomic E-state index is 13.5. The number of nitrogens with one attached hydrogen (secondary N) is 1. The molecule has 1 aliphatic heterocycles. The van der Waals surface area contributed by atoms with Gasteiger partial charge < -0.3 is 23.6 Å². The molecule has 8 nitrogen and oxygen atoms in total. The number of ether oxygens (including phenoxy) is 2. The van der Waals surface area contributed by atoms with Crippen molar-refractivity contribution in [3.63, 3.8) is 0 Å². The van der Waals surface area contributed by atoms with Crippen molar-refractivity contribution in [3.8, 4) is 23.1 Å². The van der Waals surface area contributed by atoms with E-state index in [4.69, 9.17) is 18.3 Å². The smallest absolute Gasteiger partial charge is 0.266 e. The lowest BCUT2D eigenvalue weighted by molar-refractivity contribution is 0.171. The zero-order chi connectivity index (χ0) is 21.4. The molecule has 4 aromatic rings. The number of oxazole rings is 1. The molecule has 0 unspecified atom stereocenters. The average molecular weight is 438 g/mol. The molecule has 9 heteroatoms. The summed E-state index contributed by atoms with van der Waals surface area (Å²) in [6, 6.07) is 15.2. The van der Waals surface area contributed by atoms with Gasteiger partial charge >= 0.3 is 0 Å². The van der Waals surface area contributed by atoms with Crippen LogP contribution >= 0.6 is 0 Å². The van der Waals surface area contributed by atoms with Crippen molar-refractivity contribution in [2.24, 2.45) is 0 Å². The van der Waals surface area contributed by atoms with Gasteiger partial charge in [-0.3, -0.25) is 0 Å². The molecular formula is C22H18N2O6S. The summed E-state index contributed by atoms with van der Waals surface area (Å²) in [4.78, 5) is 4.27. The number of sulfone groups is 1. The lowest BCUT2D eigenvalue weighted by atomic mass is 10.2. The van der Waals surface area contributed by atoms with E-state index in [1.807, 2.05) is 31.2 Å². The third-order valence-corrected chi connectivity index (χ3v) is 6.34. The molecule has 2 aromatic carbocycles. The monoisotopic (exact) mass is 438 g/mol. The molecule has 0 atom stereocenters. The standard InChI is InChI=1S/C22H18N2O6S/c1-14-4-2-5-15(12-14)23-21-22(24-20(30-21)18-6-3-9-27-18)31(25,26)16-7-8-17-19(13-16)29-11-10-28-17/h2-9,12-13,23H,10-11H2,1H3. The number of aromatic nitrogens is 1. The van der Waals surface area contributed by atoms with Crippen LogP contribution in [0.1, 0.15) is 5.56 Å². The number of nitrogens with zero attached hydrogens (tertiary/aromatic N) is 1. The zero-order valence-electron chi connectivity index (χ0n) is 16.5. The van der Waals surface area contributed by atoms with E-state index in [0.29, 0.717) is 36.2 Å². The van der Waals surface area contributed by atoms with Gasteiger partial charge in [0, 0.05) is 11.8 Å². The van der Waals surface area contributed by atoms with Crippen LogP contribution in [0.15, 0.2) is 79.6 Å². The van der Waals surface area contributed by atoms with Gasteiger partial charge in [0.2, 0.25) is 20.7 Å². The second-order valence-electron chi connectivity index (χ2n) is 6.93. The Bertz CT molecular complexity index is 1340. The number of furan rings is 1. The van der Waals surface area contributed by atoms with E-state index in [1.165, 1.54) is 18.4 Å². The van der Waals surface area contributed by atoms with E-state index in [2.05, 4.69) is 10.3 Å². The molecule has 0 radical (unpaired) electrons. The Labute approximate surface area is 178 Å². The van der Waals surface area contributed by atoms with Crippen LogP contribution in [0.2, 0.25) is 0 Å². The fourth-order valence-corrected chi connectivity index (χ4v) is 4.50. The normalized spacial score (nSPS) is 13.2. The zero-order valence-corrected chi connectivity index (χ0v) is 17.3. The van der Waals surface area contributed by atoms with E-state index in [1.54, 1.807) is 18.2 Å². The molecule has 0 saturated carbocycles. The summed E-state index contributed by atoms with van der Waals surface area (Å²) >= 11 is 0. The van der Waals surface area contributed by atoms with Gasteiger partial charge in [0.15, 0.2) is 17.3 Å². The molecule has 1 aliphatic rings. The van der Waals surface area contributed by atoms with Crippen LogP contribution < -0.4 is 14.8 Å². The van der Waals surface area contributed by atoms with Crippen LogP contribution in [0.3, 0.4) is 0 Å². The number of anilines is 2. The minimum Gasteiger partial charge on any atom is -0.486 e. The summed E-state index contributed by atoms with van der Waals surface area (Å²) in [6.07, 6.45) is 1.46. The summed E-state index contributed by atoms with van der Waals surface area (Å²) < 4.78 is 49.1. The Morgan fingerprint density at radius 2 is 1.81 bits per heavy atom. The van der Waals surface area contributed by atoms with Crippen LogP contribution in [-0.4, -0.2) is 26.6 Å². The van der Waals surface area contributed by atoms with Gasteiger partial charge in [-0.1, -0.05) is 12.1 Å². The molecule has 158 valence electrons. The third-order valence-electron chi connectivity index (χ3n) is 4.68. The first kappa shape index (κ1) is 19.3. The van der Waals surface area contributed by atoms with Crippen molar-refractivity contribution in [1.82, 2.24) is 4.98 Å². The quantitative estimate of drug-likeness (QED) is 0.482. The first-order valence-corrected chi connectivity index (χ1v) is 11.0. The van der Waals surface area contributed by atoms with Crippen molar-refractivity contribution in [3.05, 3.63) is 66.4 Å². The van der Waals surface area contributed by atoms with Gasteiger partial charge in [-0.25, -0.2) is 8.42 Å². The molecule has 0 spiro atoms. The maximum Gasteiger partial charge on any atom is 0.266 e. The van der Waals surface area contributed by atoms with E-state index in [9.17, 15) is 8.42 Å². The Balaban J connectivity index is 1.61. The molecule has 3 heterocycles. The number of aryl methyl sites for hydroxylation is 1. The molecule has 0 amide bonds. The minimum absolute atomic E-state index is 0.00751. The van der Waals surface area contributed by atoms with E-state index >= 15 is 0 Å². The Kier molecular flexibility index (Phi) is 4.67. The van der Waals surface area contributed by atoms with Gasteiger partial charge in [0.25, 0.3) is 5.89 Å². The highest BCUT2D eigenvalue weighted by atomic mass is 32.2. The lowest BCUT2D eigenvalue weighted by Crippen LogP contribution is -2.16. The summed E-state index contributed by atoms with van der Waals surface area (Å²) in [6.45, 7) is 2.70. The third kappa shape index (κ3) is 3.64. The highest BCUT2D eigenvalue weighted by molar-refractivity contribution is 7.91. The fourth-order valence-electron chi connectivity index (χ4n) is 3.23. The van der Waals surface area contributed by atoms with Crippen LogP contribution in [0, 0.1) is 6.92 Å². The first-order valence-electron chi connectivity index (χ1n) is 9.54. The average Bonchev–Trinajstić information content (AvgIpc) is 3.44. The summed E-state index contributed by atoms with van der Waals surface area (Å²) in [5.41, 5.74) is 1.67. The number of hydrogen-bond donors (Lipinski definition) is 1. The van der Waals surface area contributed by atoms with Gasteiger partial charge in [0.05, 0.1) is 11.2 Å². The van der Waals surface area contributed by atoms with Crippen molar-refractivity contribution in [2.45, 2.75) is 16.8 Å². The highest BCUT2D eigenvalue weighted by Gasteiger charge is 2.30. The van der Waals surface area contributed by atoms with Gasteiger partial charge in [-0.05, 0) is 48.9 Å². The summed E-state index contributed by atoms with van der Waals surface area (Å²) in [5.74, 6) is 1.23. The van der Waals surface area contributed by atoms with Crippen molar-refractivity contribution in [1.29, 1.82) is 0 Å². The molecule has 2 aromatic heterocycles. The van der Waals surface area contributed by atoms with Crippen molar-refractivity contribution >= 4 is 21.4 Å². The van der Waals surface area contributed by atoms with Gasteiger partial charge in [-0.15, -0.1) is 0 Å². The van der Waals surface area contributed by atoms with E-state index in [-0.39, 0.29) is 21.7 Å². The van der Waals surface area contributed by atoms with Crippen LogP contribution in [0.5, 0.6) is 11.5 Å². The van der Waals surface area contributed by atoms with Crippen molar-refractivity contribution < 1.29 is 26.7 Å². The molecule has 0 aliphatic carbocycles. The predicted octanol–water partition coefficient (Wildman–Crippen LogP) is 4.59. The first-order chi connectivity index (χ1) is 15.0. The fraction of sp³-hybridized carbons (Fsp3) is 0.136. The molecule has 5 rings (SSSR count). The minimum atomic E-state index is -4.05. The molecule has 31 heavy (non-hydrogen) atoms. The Hall–Kier alpha value is -3.72. The van der Waals surface area contributed by atoms with Crippen molar-refractivity contribution in [2.75, 3.05) is 18.5 Å². The Morgan fingerprint density at radius 1 is 0.968 bits per heavy atom. The summed E-state index contributed by atoms with van der Waals surface area (Å²) in [5, 5.41) is 2.78. The van der Waals surface area contributed by atoms with Gasteiger partial charge in [0.1, 0.15) is 13.2 Å². The van der Waals surface area contributed by atoms with Crippen LogP contribution in [0.25, 0.3) is 11.7 Å². The molecule has 0 bridgehead atoms. The maximum atomic E-state index is 13.5. The van der Waals surface area contributed by atoms with Crippen LogP contribution in [-0.2, 0) is 9.84 Å². The predicted molar refractivity (Wildman–Crippen MR) is 112 cm³/mol. The van der Waals surface area contributed by atoms with Crippen LogP contribution in [0.4, 0.5) is 11.6 Å². The molecule has 0 fully saturated rings. The van der Waals surface area contributed by atoms with E-state index in [0.717, 1.165) is 5.56 Å². The second kappa shape index (κ2) is 7.51. The number of hydrogen-bond acceptors (Lipinski definition) is 8. The van der Waals surface area contributed by atoms with Gasteiger partial charge in [-0.2, -0.15) is 4.98 Å². The SMILES string of the molecule is Cc1cccc(Nc2oc(-c3ccco3)nc2S(=O)(=O)c2ccc3c(c2)OCCO3)c1.